The second-order valence-electron chi connectivity index (χ2n) is 3.31. The summed E-state index contributed by atoms with van der Waals surface area (Å²) in [6.07, 6.45) is 6.64. The molecule has 0 saturated heterocycles. The molecule has 0 unspecified atom stereocenters. The van der Waals surface area contributed by atoms with Crippen molar-refractivity contribution >= 4 is 0 Å². The van der Waals surface area contributed by atoms with Crippen LogP contribution in [0.4, 0.5) is 4.39 Å². The topological polar surface area (TPSA) is 20.2 Å². The van der Waals surface area contributed by atoms with E-state index in [9.17, 15) is 9.50 Å². The van der Waals surface area contributed by atoms with Crippen molar-refractivity contribution in [3.63, 3.8) is 0 Å². The van der Waals surface area contributed by atoms with Gasteiger partial charge in [-0.05, 0) is 6.07 Å². The van der Waals surface area contributed by atoms with Gasteiger partial charge >= 0.3 is 0 Å². The van der Waals surface area contributed by atoms with E-state index in [1.165, 1.54) is 6.07 Å². The van der Waals surface area contributed by atoms with Crippen LogP contribution in [0.3, 0.4) is 0 Å². The maximum Gasteiger partial charge on any atom is 0.129 e. The monoisotopic (exact) mass is 190 g/mol. The summed E-state index contributed by atoms with van der Waals surface area (Å²) in [5.41, 5.74) is 0.355. The second kappa shape index (κ2) is 3.76. The van der Waals surface area contributed by atoms with Crippen molar-refractivity contribution in [1.82, 2.24) is 0 Å². The van der Waals surface area contributed by atoms with E-state index >= 15 is 0 Å². The third-order valence-corrected chi connectivity index (χ3v) is 2.37. The molecule has 1 nitrogen and oxygen atoms in total. The molecule has 1 aliphatic rings. The van der Waals surface area contributed by atoms with Crippen LogP contribution in [0.2, 0.25) is 0 Å². The van der Waals surface area contributed by atoms with E-state index in [0.29, 0.717) is 5.56 Å². The first-order valence-electron chi connectivity index (χ1n) is 4.56. The Kier molecular flexibility index (Phi) is 2.46. The lowest BCUT2D eigenvalue weighted by atomic mass is 9.97. The summed E-state index contributed by atoms with van der Waals surface area (Å²) in [5.74, 6) is -0.458. The summed E-state index contributed by atoms with van der Waals surface area (Å²) in [4.78, 5) is 0. The average molecular weight is 190 g/mol. The quantitative estimate of drug-likeness (QED) is 0.760. The summed E-state index contributed by atoms with van der Waals surface area (Å²) >= 11 is 0. The zero-order valence-corrected chi connectivity index (χ0v) is 7.60. The molecule has 1 aromatic carbocycles. The van der Waals surface area contributed by atoms with Gasteiger partial charge in [0.25, 0.3) is 0 Å². The van der Waals surface area contributed by atoms with Gasteiger partial charge < -0.3 is 5.11 Å². The van der Waals surface area contributed by atoms with E-state index in [2.05, 4.69) is 0 Å². The average Bonchev–Trinajstić information content (AvgIpc) is 2.70. The minimum atomic E-state index is -0.786. The van der Waals surface area contributed by atoms with E-state index < -0.39 is 6.10 Å². The molecule has 1 N–H and O–H groups in total. The Balaban J connectivity index is 2.26. The van der Waals surface area contributed by atoms with Gasteiger partial charge in [-0.1, -0.05) is 42.5 Å². The van der Waals surface area contributed by atoms with Gasteiger partial charge in [-0.3, -0.25) is 0 Å². The largest absolute Gasteiger partial charge is 0.387 e. The second-order valence-corrected chi connectivity index (χ2v) is 3.31. The molecule has 0 amide bonds. The van der Waals surface area contributed by atoms with Crippen LogP contribution in [0, 0.1) is 11.7 Å². The first kappa shape index (κ1) is 9.16. The predicted octanol–water partition coefficient (Wildman–Crippen LogP) is 2.60. The molecule has 14 heavy (non-hydrogen) atoms. The lowest BCUT2D eigenvalue weighted by molar-refractivity contribution is 0.147. The van der Waals surface area contributed by atoms with E-state index in [1.807, 2.05) is 24.3 Å². The van der Waals surface area contributed by atoms with E-state index in [-0.39, 0.29) is 11.7 Å². The highest BCUT2D eigenvalue weighted by Crippen LogP contribution is 2.28. The standard InChI is InChI=1S/C12H11FO/c13-11-8-4-3-7-10(11)12(14)9-5-1-2-6-9/h1-9,12,14H/t12-/m0/s1. The van der Waals surface area contributed by atoms with Crippen molar-refractivity contribution in [1.29, 1.82) is 0 Å². The van der Waals surface area contributed by atoms with Crippen LogP contribution >= 0.6 is 0 Å². The summed E-state index contributed by atoms with van der Waals surface area (Å²) in [5, 5.41) is 9.86. The third kappa shape index (κ3) is 1.61. The highest BCUT2D eigenvalue weighted by molar-refractivity contribution is 5.27. The SMILES string of the molecule is O[C@H](c1ccccc1F)C1C=CC=C1. The Morgan fingerprint density at radius 2 is 1.79 bits per heavy atom. The molecule has 0 aliphatic heterocycles. The van der Waals surface area contributed by atoms with Gasteiger partial charge in [-0.2, -0.15) is 0 Å². The predicted molar refractivity (Wildman–Crippen MR) is 53.1 cm³/mol. The summed E-state index contributed by atoms with van der Waals surface area (Å²) < 4.78 is 13.3. The van der Waals surface area contributed by atoms with E-state index in [1.54, 1.807) is 18.2 Å². The number of hydrogen-bond acceptors (Lipinski definition) is 1. The number of hydrogen-bond donors (Lipinski definition) is 1. The molecule has 0 radical (unpaired) electrons. The molecular formula is C12H11FO. The number of benzene rings is 1. The van der Waals surface area contributed by atoms with Crippen LogP contribution in [-0.2, 0) is 0 Å². The van der Waals surface area contributed by atoms with Gasteiger partial charge in [0.05, 0.1) is 6.10 Å². The van der Waals surface area contributed by atoms with Crippen LogP contribution in [0.25, 0.3) is 0 Å². The minimum absolute atomic E-state index is 0.105. The molecule has 0 saturated carbocycles. The Labute approximate surface area is 82.2 Å². The molecule has 72 valence electrons. The van der Waals surface area contributed by atoms with Gasteiger partial charge in [0.1, 0.15) is 5.82 Å². The fourth-order valence-corrected chi connectivity index (χ4v) is 1.58. The number of aliphatic hydroxyl groups excluding tert-OH is 1. The molecule has 0 aromatic heterocycles. The molecule has 2 rings (SSSR count). The van der Waals surface area contributed by atoms with Crippen molar-refractivity contribution in [3.05, 3.63) is 60.0 Å². The molecule has 0 bridgehead atoms. The summed E-state index contributed by atoms with van der Waals surface area (Å²) in [6, 6.07) is 6.32. The molecule has 1 atom stereocenters. The van der Waals surface area contributed by atoms with Crippen LogP contribution < -0.4 is 0 Å². The highest BCUT2D eigenvalue weighted by Gasteiger charge is 2.19. The lowest BCUT2D eigenvalue weighted by Gasteiger charge is -2.15. The van der Waals surface area contributed by atoms with Crippen LogP contribution in [0.5, 0.6) is 0 Å². The fraction of sp³-hybridized carbons (Fsp3) is 0.167. The number of rotatable bonds is 2. The third-order valence-electron chi connectivity index (χ3n) is 2.37. The molecule has 2 heteroatoms. The van der Waals surface area contributed by atoms with Gasteiger partial charge in [0.15, 0.2) is 0 Å². The molecule has 1 aliphatic carbocycles. The summed E-state index contributed by atoms with van der Waals surface area (Å²) in [6.45, 7) is 0. The minimum Gasteiger partial charge on any atom is -0.387 e. The summed E-state index contributed by atoms with van der Waals surface area (Å²) in [7, 11) is 0. The Morgan fingerprint density at radius 1 is 1.14 bits per heavy atom. The number of aliphatic hydroxyl groups is 1. The maximum absolute atomic E-state index is 13.3. The highest BCUT2D eigenvalue weighted by atomic mass is 19.1. The molecule has 1 aromatic rings. The van der Waals surface area contributed by atoms with Crippen LogP contribution in [0.1, 0.15) is 11.7 Å². The smallest absolute Gasteiger partial charge is 0.129 e. The molecule has 0 fully saturated rings. The van der Waals surface area contributed by atoms with Crippen molar-refractivity contribution in [3.8, 4) is 0 Å². The molecule has 0 spiro atoms. The number of halogens is 1. The van der Waals surface area contributed by atoms with Crippen molar-refractivity contribution in [2.24, 2.45) is 5.92 Å². The van der Waals surface area contributed by atoms with E-state index in [0.717, 1.165) is 0 Å². The lowest BCUT2D eigenvalue weighted by Crippen LogP contribution is -2.08. The Hall–Kier alpha value is -1.41. The van der Waals surface area contributed by atoms with Crippen molar-refractivity contribution < 1.29 is 9.50 Å². The molecule has 0 heterocycles. The van der Waals surface area contributed by atoms with Crippen molar-refractivity contribution in [2.45, 2.75) is 6.10 Å². The fourth-order valence-electron chi connectivity index (χ4n) is 1.58. The normalized spacial score (nSPS) is 17.6. The molecular weight excluding hydrogens is 179 g/mol. The zero-order valence-electron chi connectivity index (χ0n) is 7.60. The van der Waals surface area contributed by atoms with Crippen LogP contribution in [0.15, 0.2) is 48.6 Å². The Morgan fingerprint density at radius 3 is 2.43 bits per heavy atom. The Bertz CT molecular complexity index is 370. The number of allylic oxidation sites excluding steroid dienone is 2. The first-order chi connectivity index (χ1) is 6.79. The van der Waals surface area contributed by atoms with Gasteiger partial charge in [0, 0.05) is 11.5 Å². The van der Waals surface area contributed by atoms with Gasteiger partial charge in [0.2, 0.25) is 0 Å². The maximum atomic E-state index is 13.3. The van der Waals surface area contributed by atoms with E-state index in [4.69, 9.17) is 0 Å². The zero-order chi connectivity index (χ0) is 9.97. The van der Waals surface area contributed by atoms with Gasteiger partial charge in [-0.25, -0.2) is 4.39 Å². The van der Waals surface area contributed by atoms with Crippen LogP contribution in [-0.4, -0.2) is 5.11 Å². The first-order valence-corrected chi connectivity index (χ1v) is 4.56. The van der Waals surface area contributed by atoms with Gasteiger partial charge in [-0.15, -0.1) is 0 Å². The van der Waals surface area contributed by atoms with Crippen molar-refractivity contribution in [2.75, 3.05) is 0 Å².